The van der Waals surface area contributed by atoms with E-state index < -0.39 is 0 Å². The van der Waals surface area contributed by atoms with Crippen LogP contribution in [-0.2, 0) is 0 Å². The maximum Gasteiger partial charge on any atom is 0.0783 e. The molecular weight excluding hydrogens is 394 g/mol. The number of hydrogen-bond donors (Lipinski definition) is 3. The van der Waals surface area contributed by atoms with Crippen molar-refractivity contribution in [2.45, 2.75) is 39.7 Å². The molecule has 0 radical (unpaired) electrons. The molecule has 5 nitrogen and oxygen atoms in total. The molecule has 0 aromatic heterocycles. The molecule has 1 unspecified atom stereocenters. The molecule has 3 aliphatic rings. The summed E-state index contributed by atoms with van der Waals surface area (Å²) < 4.78 is 0. The lowest BCUT2D eigenvalue weighted by atomic mass is 9.98. The maximum absolute atomic E-state index is 6.64. The van der Waals surface area contributed by atoms with Crippen LogP contribution >= 0.6 is 11.6 Å². The molecule has 0 amide bonds. The fourth-order valence-electron chi connectivity index (χ4n) is 3.79. The maximum atomic E-state index is 6.64. The molecule has 0 bridgehead atoms. The fourth-order valence-corrected chi connectivity index (χ4v) is 4.09. The number of nitrogens with one attached hydrogen (secondary N) is 3. The molecule has 1 saturated heterocycles. The molecule has 162 valence electrons. The van der Waals surface area contributed by atoms with Gasteiger partial charge >= 0.3 is 0 Å². The van der Waals surface area contributed by atoms with Gasteiger partial charge in [0.15, 0.2) is 0 Å². The number of unbranched alkanes of at least 4 members (excludes halogenated alkanes) is 1. The van der Waals surface area contributed by atoms with E-state index in [1.165, 1.54) is 11.1 Å². The van der Waals surface area contributed by atoms with Crippen LogP contribution < -0.4 is 16.0 Å². The minimum absolute atomic E-state index is 0.453. The van der Waals surface area contributed by atoms with Crippen molar-refractivity contribution in [1.29, 1.82) is 0 Å². The summed E-state index contributed by atoms with van der Waals surface area (Å²) >= 11 is 6.64. The third-order valence-corrected chi connectivity index (χ3v) is 5.61. The van der Waals surface area contributed by atoms with E-state index in [-0.39, 0.29) is 0 Å². The highest BCUT2D eigenvalue weighted by Gasteiger charge is 2.25. The van der Waals surface area contributed by atoms with Crippen molar-refractivity contribution in [2.24, 2.45) is 4.99 Å². The summed E-state index contributed by atoms with van der Waals surface area (Å²) in [5.74, 6) is 0. The zero-order chi connectivity index (χ0) is 21.3. The van der Waals surface area contributed by atoms with E-state index in [1.807, 2.05) is 25.4 Å². The van der Waals surface area contributed by atoms with E-state index in [9.17, 15) is 0 Å². The molecule has 30 heavy (non-hydrogen) atoms. The summed E-state index contributed by atoms with van der Waals surface area (Å²) in [6.45, 7) is 10.7. The van der Waals surface area contributed by atoms with Crippen LogP contribution in [0.1, 0.15) is 33.6 Å². The van der Waals surface area contributed by atoms with Crippen molar-refractivity contribution in [3.05, 3.63) is 70.4 Å². The van der Waals surface area contributed by atoms with Gasteiger partial charge in [-0.05, 0) is 37.5 Å². The highest BCUT2D eigenvalue weighted by Crippen LogP contribution is 2.25. The minimum atomic E-state index is 0.453. The molecule has 6 heteroatoms. The van der Waals surface area contributed by atoms with Gasteiger partial charge in [0.1, 0.15) is 0 Å². The second-order valence-corrected chi connectivity index (χ2v) is 8.30. The van der Waals surface area contributed by atoms with Crippen molar-refractivity contribution >= 4 is 17.3 Å². The summed E-state index contributed by atoms with van der Waals surface area (Å²) in [6.07, 6.45) is 16.8. The van der Waals surface area contributed by atoms with E-state index in [4.69, 9.17) is 11.6 Å². The van der Waals surface area contributed by atoms with E-state index in [2.05, 4.69) is 64.0 Å². The van der Waals surface area contributed by atoms with Crippen molar-refractivity contribution in [3.63, 3.8) is 0 Å². The number of hydrogen-bond acceptors (Lipinski definition) is 5. The summed E-state index contributed by atoms with van der Waals surface area (Å²) in [7, 11) is 0. The Balaban J connectivity index is 1.72. The standard InChI is InChI=1S/C24H34ClN5/c1-4-6-7-20-9-8-19(13-22(20)28-10-5-2)14-29-23-16-26-15-21(25)24(23)30-12-11-27-18(3)17-30/h5,7-10,13,16,18,26-27,29H,4,6,11-12,14-15,17H2,1-3H3/b10-5-,20-7+,28-22+. The van der Waals surface area contributed by atoms with Gasteiger partial charge in [-0.3, -0.25) is 4.99 Å². The Kier molecular flexibility index (Phi) is 8.40. The van der Waals surface area contributed by atoms with Gasteiger partial charge in [-0.15, -0.1) is 0 Å². The smallest absolute Gasteiger partial charge is 0.0783 e. The minimum Gasteiger partial charge on any atom is -0.384 e. The van der Waals surface area contributed by atoms with Crippen molar-refractivity contribution in [2.75, 3.05) is 32.7 Å². The average molecular weight is 428 g/mol. The van der Waals surface area contributed by atoms with Crippen molar-refractivity contribution in [1.82, 2.24) is 20.9 Å². The largest absolute Gasteiger partial charge is 0.384 e. The molecule has 2 heterocycles. The van der Waals surface area contributed by atoms with Crippen LogP contribution in [0.5, 0.6) is 0 Å². The van der Waals surface area contributed by atoms with E-state index in [1.54, 1.807) is 0 Å². The third-order valence-electron chi connectivity index (χ3n) is 5.29. The highest BCUT2D eigenvalue weighted by molar-refractivity contribution is 6.30. The first-order valence-corrected chi connectivity index (χ1v) is 11.3. The zero-order valence-electron chi connectivity index (χ0n) is 18.3. The summed E-state index contributed by atoms with van der Waals surface area (Å²) in [5.41, 5.74) is 5.57. The van der Waals surface area contributed by atoms with Crippen LogP contribution in [0.15, 0.2) is 75.3 Å². The molecule has 0 spiro atoms. The predicted molar refractivity (Wildman–Crippen MR) is 128 cm³/mol. The lowest BCUT2D eigenvalue weighted by Crippen LogP contribution is -2.50. The molecule has 0 saturated carbocycles. The molecule has 1 atom stereocenters. The summed E-state index contributed by atoms with van der Waals surface area (Å²) in [4.78, 5) is 7.02. The van der Waals surface area contributed by atoms with Gasteiger partial charge in [-0.25, -0.2) is 0 Å². The van der Waals surface area contributed by atoms with Crippen LogP contribution in [0.3, 0.4) is 0 Å². The molecule has 3 N–H and O–H groups in total. The van der Waals surface area contributed by atoms with Gasteiger partial charge in [0.2, 0.25) is 0 Å². The van der Waals surface area contributed by atoms with Gasteiger partial charge in [0, 0.05) is 44.6 Å². The lowest BCUT2D eigenvalue weighted by Gasteiger charge is -2.38. The van der Waals surface area contributed by atoms with Crippen LogP contribution in [0.2, 0.25) is 0 Å². The normalized spacial score (nSPS) is 25.1. The number of dihydropyridines is 1. The molecule has 0 aromatic rings. The Bertz CT molecular complexity index is 829. The Hall–Kier alpha value is -2.24. The monoisotopic (exact) mass is 427 g/mol. The van der Waals surface area contributed by atoms with Crippen LogP contribution in [0.25, 0.3) is 0 Å². The van der Waals surface area contributed by atoms with Gasteiger partial charge in [-0.2, -0.15) is 0 Å². The summed E-state index contributed by atoms with van der Waals surface area (Å²) in [6, 6.07) is 0.453. The molecule has 0 aromatic carbocycles. The van der Waals surface area contributed by atoms with Crippen molar-refractivity contribution < 1.29 is 0 Å². The first kappa shape index (κ1) is 22.4. The Morgan fingerprint density at radius 3 is 3.00 bits per heavy atom. The molecule has 1 aliphatic carbocycles. The number of aliphatic imine (C=N–C) groups is 1. The topological polar surface area (TPSA) is 51.7 Å². The molecule has 2 aliphatic heterocycles. The van der Waals surface area contributed by atoms with Crippen LogP contribution in [0.4, 0.5) is 0 Å². The van der Waals surface area contributed by atoms with Gasteiger partial charge in [0.25, 0.3) is 0 Å². The molecule has 1 fully saturated rings. The van der Waals surface area contributed by atoms with E-state index in [0.717, 1.165) is 61.2 Å². The van der Waals surface area contributed by atoms with E-state index in [0.29, 0.717) is 12.6 Å². The quantitative estimate of drug-likeness (QED) is 0.575. The average Bonchev–Trinajstić information content (AvgIpc) is 2.75. The lowest BCUT2D eigenvalue weighted by molar-refractivity contribution is 0.255. The van der Waals surface area contributed by atoms with Gasteiger partial charge in [-0.1, -0.05) is 49.2 Å². The predicted octanol–water partition coefficient (Wildman–Crippen LogP) is 3.96. The summed E-state index contributed by atoms with van der Waals surface area (Å²) in [5, 5.41) is 11.2. The van der Waals surface area contributed by atoms with Crippen LogP contribution in [0, 0.1) is 0 Å². The van der Waals surface area contributed by atoms with Crippen molar-refractivity contribution in [3.8, 4) is 0 Å². The van der Waals surface area contributed by atoms with Crippen LogP contribution in [-0.4, -0.2) is 49.4 Å². The second kappa shape index (κ2) is 11.2. The van der Waals surface area contributed by atoms with Gasteiger partial charge in [0.05, 0.1) is 28.7 Å². The number of halogens is 1. The highest BCUT2D eigenvalue weighted by atomic mass is 35.5. The zero-order valence-corrected chi connectivity index (χ0v) is 19.1. The number of rotatable bonds is 7. The first-order chi connectivity index (χ1) is 14.6. The number of nitrogens with zero attached hydrogens (tertiary/aromatic N) is 2. The third kappa shape index (κ3) is 5.89. The Morgan fingerprint density at radius 1 is 1.37 bits per heavy atom. The van der Waals surface area contributed by atoms with E-state index >= 15 is 0 Å². The second-order valence-electron chi connectivity index (χ2n) is 7.84. The SMILES string of the molecule is C\C=C/N=C1\C=C(CNC2=CNCC(Cl)=C2N2CCNC(C)C2)C=C\C1=C/CCC. The van der Waals surface area contributed by atoms with Gasteiger partial charge < -0.3 is 20.9 Å². The Labute approximate surface area is 186 Å². The Morgan fingerprint density at radius 2 is 2.23 bits per heavy atom. The first-order valence-electron chi connectivity index (χ1n) is 10.9. The number of piperazine rings is 1. The fraction of sp³-hybridized carbons (Fsp3) is 0.458. The molecule has 3 rings (SSSR count). The number of allylic oxidation sites excluding steroid dienone is 5. The molecular formula is C24H34ClN5.